The van der Waals surface area contributed by atoms with Gasteiger partial charge in [-0.15, -0.1) is 0 Å². The molecule has 4 nitrogen and oxygen atoms in total. The quantitative estimate of drug-likeness (QED) is 0.830. The van der Waals surface area contributed by atoms with Gasteiger partial charge >= 0.3 is 0 Å². The zero-order valence-electron chi connectivity index (χ0n) is 11.0. The number of aryl methyl sites for hydroxylation is 1. The summed E-state index contributed by atoms with van der Waals surface area (Å²) in [7, 11) is -3.04. The number of piperazine rings is 1. The number of rotatable bonds is 3. The van der Waals surface area contributed by atoms with Gasteiger partial charge in [-0.3, -0.25) is 0 Å². The molecule has 0 unspecified atom stereocenters. The number of hydrogen-bond acceptors (Lipinski definition) is 3. The summed E-state index contributed by atoms with van der Waals surface area (Å²) in [4.78, 5) is 2.25. The zero-order chi connectivity index (χ0) is 13.2. The lowest BCUT2D eigenvalue weighted by Crippen LogP contribution is -2.48. The second-order valence-corrected chi connectivity index (χ2v) is 6.65. The van der Waals surface area contributed by atoms with E-state index >= 15 is 0 Å². The first-order chi connectivity index (χ1) is 8.50. The number of anilines is 1. The molecule has 0 bridgehead atoms. The van der Waals surface area contributed by atoms with Crippen molar-refractivity contribution in [1.29, 1.82) is 0 Å². The monoisotopic (exact) mass is 268 g/mol. The number of sulfonamides is 1. The van der Waals surface area contributed by atoms with Crippen LogP contribution in [0.2, 0.25) is 0 Å². The predicted octanol–water partition coefficient (Wildman–Crippen LogP) is 1.33. The van der Waals surface area contributed by atoms with E-state index < -0.39 is 10.0 Å². The summed E-state index contributed by atoms with van der Waals surface area (Å²) < 4.78 is 24.4. The van der Waals surface area contributed by atoms with Gasteiger partial charge in [0.25, 0.3) is 0 Å². The van der Waals surface area contributed by atoms with Crippen LogP contribution < -0.4 is 4.90 Å². The Morgan fingerprint density at radius 1 is 1.17 bits per heavy atom. The summed E-state index contributed by atoms with van der Waals surface area (Å²) in [5.41, 5.74) is 2.51. The van der Waals surface area contributed by atoms with E-state index in [4.69, 9.17) is 0 Å². The van der Waals surface area contributed by atoms with E-state index in [9.17, 15) is 8.42 Å². The first-order valence-electron chi connectivity index (χ1n) is 6.29. The van der Waals surface area contributed by atoms with Crippen molar-refractivity contribution in [3.63, 3.8) is 0 Å². The highest BCUT2D eigenvalue weighted by atomic mass is 32.2. The summed E-state index contributed by atoms with van der Waals surface area (Å²) in [6.07, 6.45) is 2.30. The first kappa shape index (κ1) is 13.4. The second-order valence-electron chi connectivity index (χ2n) is 4.67. The van der Waals surface area contributed by atoms with E-state index in [1.807, 2.05) is 0 Å². The zero-order valence-corrected chi connectivity index (χ0v) is 11.8. The smallest absolute Gasteiger partial charge is 0.211 e. The minimum atomic E-state index is -3.04. The lowest BCUT2D eigenvalue weighted by atomic mass is 10.1. The van der Waals surface area contributed by atoms with Gasteiger partial charge in [0.1, 0.15) is 0 Å². The SMILES string of the molecule is CCc1cccc(N2CCN(S(C)(=O)=O)CC2)c1. The molecular formula is C13H20N2O2S. The molecule has 5 heteroatoms. The fourth-order valence-electron chi connectivity index (χ4n) is 2.25. The molecule has 0 aromatic heterocycles. The first-order valence-corrected chi connectivity index (χ1v) is 8.14. The van der Waals surface area contributed by atoms with E-state index in [2.05, 4.69) is 36.1 Å². The molecule has 0 saturated carbocycles. The Kier molecular flexibility index (Phi) is 3.92. The molecule has 0 spiro atoms. The van der Waals surface area contributed by atoms with Gasteiger partial charge in [-0.2, -0.15) is 4.31 Å². The van der Waals surface area contributed by atoms with Crippen LogP contribution >= 0.6 is 0 Å². The largest absolute Gasteiger partial charge is 0.369 e. The Morgan fingerprint density at radius 3 is 2.39 bits per heavy atom. The molecule has 18 heavy (non-hydrogen) atoms. The van der Waals surface area contributed by atoms with E-state index in [0.29, 0.717) is 13.1 Å². The van der Waals surface area contributed by atoms with Gasteiger partial charge in [0.05, 0.1) is 6.26 Å². The molecule has 100 valence electrons. The van der Waals surface area contributed by atoms with E-state index in [1.54, 1.807) is 4.31 Å². The van der Waals surface area contributed by atoms with Crippen LogP contribution in [0.5, 0.6) is 0 Å². The Bertz CT molecular complexity index is 505. The van der Waals surface area contributed by atoms with Crippen LogP contribution in [0.25, 0.3) is 0 Å². The lowest BCUT2D eigenvalue weighted by molar-refractivity contribution is 0.388. The summed E-state index contributed by atoms with van der Waals surface area (Å²) in [6.45, 7) is 4.82. The van der Waals surface area contributed by atoms with Crippen molar-refractivity contribution in [2.45, 2.75) is 13.3 Å². The maximum atomic E-state index is 11.4. The topological polar surface area (TPSA) is 40.6 Å². The molecule has 0 radical (unpaired) electrons. The summed E-state index contributed by atoms with van der Waals surface area (Å²) in [6, 6.07) is 8.47. The van der Waals surface area contributed by atoms with Crippen molar-refractivity contribution in [2.75, 3.05) is 37.3 Å². The van der Waals surface area contributed by atoms with Crippen molar-refractivity contribution in [2.24, 2.45) is 0 Å². The third-order valence-electron chi connectivity index (χ3n) is 3.39. The lowest BCUT2D eigenvalue weighted by Gasteiger charge is -2.34. The number of nitrogens with zero attached hydrogens (tertiary/aromatic N) is 2. The van der Waals surface area contributed by atoms with Gasteiger partial charge in [-0.05, 0) is 24.1 Å². The van der Waals surface area contributed by atoms with Gasteiger partial charge in [0.15, 0.2) is 0 Å². The fraction of sp³-hybridized carbons (Fsp3) is 0.538. The van der Waals surface area contributed by atoms with Crippen LogP contribution in [0.1, 0.15) is 12.5 Å². The van der Waals surface area contributed by atoms with Crippen molar-refractivity contribution in [3.05, 3.63) is 29.8 Å². The van der Waals surface area contributed by atoms with Gasteiger partial charge in [-0.1, -0.05) is 19.1 Å². The normalized spacial score (nSPS) is 18.0. The van der Waals surface area contributed by atoms with Crippen molar-refractivity contribution >= 4 is 15.7 Å². The Balaban J connectivity index is 2.05. The van der Waals surface area contributed by atoms with Crippen LogP contribution in [0, 0.1) is 0 Å². The number of benzene rings is 1. The van der Waals surface area contributed by atoms with Gasteiger partial charge in [-0.25, -0.2) is 8.42 Å². The highest BCUT2D eigenvalue weighted by molar-refractivity contribution is 7.88. The number of hydrogen-bond donors (Lipinski definition) is 0. The molecule has 1 fully saturated rings. The Labute approximate surface area is 109 Å². The molecule has 1 saturated heterocycles. The predicted molar refractivity (Wildman–Crippen MR) is 74.4 cm³/mol. The third kappa shape index (κ3) is 3.03. The minimum absolute atomic E-state index is 0.579. The maximum Gasteiger partial charge on any atom is 0.211 e. The van der Waals surface area contributed by atoms with Crippen LogP contribution in [-0.4, -0.2) is 45.2 Å². The molecule has 1 aromatic carbocycles. The van der Waals surface area contributed by atoms with Gasteiger partial charge < -0.3 is 4.90 Å². The van der Waals surface area contributed by atoms with Crippen LogP contribution in [0.15, 0.2) is 24.3 Å². The maximum absolute atomic E-state index is 11.4. The summed E-state index contributed by atoms with van der Waals surface area (Å²) in [5.74, 6) is 0. The second kappa shape index (κ2) is 5.28. The molecule has 2 rings (SSSR count). The van der Waals surface area contributed by atoms with Crippen LogP contribution in [0.3, 0.4) is 0 Å². The minimum Gasteiger partial charge on any atom is -0.369 e. The van der Waals surface area contributed by atoms with Crippen LogP contribution in [0.4, 0.5) is 5.69 Å². The van der Waals surface area contributed by atoms with Gasteiger partial charge in [0, 0.05) is 31.9 Å². The fourth-order valence-corrected chi connectivity index (χ4v) is 3.08. The van der Waals surface area contributed by atoms with Gasteiger partial charge in [0.2, 0.25) is 10.0 Å². The van der Waals surface area contributed by atoms with Crippen molar-refractivity contribution in [3.8, 4) is 0 Å². The molecule has 0 N–H and O–H groups in total. The van der Waals surface area contributed by atoms with Crippen molar-refractivity contribution < 1.29 is 8.42 Å². The molecule has 0 amide bonds. The molecule has 1 aliphatic rings. The van der Waals surface area contributed by atoms with E-state index in [-0.39, 0.29) is 0 Å². The summed E-state index contributed by atoms with van der Waals surface area (Å²) >= 11 is 0. The Morgan fingerprint density at radius 2 is 1.83 bits per heavy atom. The third-order valence-corrected chi connectivity index (χ3v) is 4.69. The average molecular weight is 268 g/mol. The molecule has 1 aliphatic heterocycles. The molecule has 1 aromatic rings. The molecule has 1 heterocycles. The summed E-state index contributed by atoms with van der Waals surface area (Å²) in [5, 5.41) is 0. The van der Waals surface area contributed by atoms with Crippen molar-refractivity contribution in [1.82, 2.24) is 4.31 Å². The molecule has 0 atom stereocenters. The van der Waals surface area contributed by atoms with E-state index in [1.165, 1.54) is 17.5 Å². The Hall–Kier alpha value is -1.07. The highest BCUT2D eigenvalue weighted by Gasteiger charge is 2.23. The molecular weight excluding hydrogens is 248 g/mol. The molecule has 0 aliphatic carbocycles. The average Bonchev–Trinajstić information content (AvgIpc) is 2.38. The highest BCUT2D eigenvalue weighted by Crippen LogP contribution is 2.19. The van der Waals surface area contributed by atoms with E-state index in [0.717, 1.165) is 19.5 Å². The van der Waals surface area contributed by atoms with Crippen LogP contribution in [-0.2, 0) is 16.4 Å². The standard InChI is InChI=1S/C13H20N2O2S/c1-3-12-5-4-6-13(11-12)14-7-9-15(10-8-14)18(2,16)17/h4-6,11H,3,7-10H2,1-2H3.